The molecule has 1 aliphatic heterocycles. The topological polar surface area (TPSA) is 69.4 Å². The standard InChI is InChI=1S/C11H17N3O2/c1-11(5-6-16-7-11)14-9-4-3-8(12)10(13-9)15-2/h3-4H,5-7,12H2,1-2H3,(H,13,14). The summed E-state index contributed by atoms with van der Waals surface area (Å²) in [6.07, 6.45) is 0.974. The molecule has 1 fully saturated rings. The van der Waals surface area contributed by atoms with Crippen molar-refractivity contribution in [1.29, 1.82) is 0 Å². The number of anilines is 2. The molecule has 1 atom stereocenters. The van der Waals surface area contributed by atoms with Gasteiger partial charge in [-0.15, -0.1) is 0 Å². The van der Waals surface area contributed by atoms with Crippen molar-refractivity contribution in [2.24, 2.45) is 0 Å². The molecule has 0 spiro atoms. The molecule has 0 saturated carbocycles. The molecule has 5 nitrogen and oxygen atoms in total. The van der Waals surface area contributed by atoms with E-state index >= 15 is 0 Å². The van der Waals surface area contributed by atoms with Crippen LogP contribution in [-0.2, 0) is 4.74 Å². The molecule has 0 aromatic carbocycles. The minimum Gasteiger partial charge on any atom is -0.479 e. The highest BCUT2D eigenvalue weighted by atomic mass is 16.5. The fourth-order valence-corrected chi connectivity index (χ4v) is 1.76. The third-order valence-electron chi connectivity index (χ3n) is 2.73. The minimum absolute atomic E-state index is 0.0475. The summed E-state index contributed by atoms with van der Waals surface area (Å²) in [6.45, 7) is 3.60. The highest BCUT2D eigenvalue weighted by molar-refractivity contribution is 5.54. The van der Waals surface area contributed by atoms with Gasteiger partial charge in [-0.05, 0) is 25.5 Å². The highest BCUT2D eigenvalue weighted by Gasteiger charge is 2.29. The van der Waals surface area contributed by atoms with Gasteiger partial charge in [0.25, 0.3) is 0 Å². The SMILES string of the molecule is COc1nc(NC2(C)CCOC2)ccc1N. The lowest BCUT2D eigenvalue weighted by molar-refractivity contribution is 0.185. The molecule has 1 unspecified atom stereocenters. The summed E-state index contributed by atoms with van der Waals surface area (Å²) in [5.41, 5.74) is 6.20. The summed E-state index contributed by atoms with van der Waals surface area (Å²) in [7, 11) is 1.56. The van der Waals surface area contributed by atoms with Gasteiger partial charge < -0.3 is 20.5 Å². The van der Waals surface area contributed by atoms with Crippen LogP contribution in [0.1, 0.15) is 13.3 Å². The Morgan fingerprint density at radius 1 is 1.56 bits per heavy atom. The van der Waals surface area contributed by atoms with E-state index in [9.17, 15) is 0 Å². The van der Waals surface area contributed by atoms with E-state index in [0.717, 1.165) is 18.8 Å². The zero-order valence-electron chi connectivity index (χ0n) is 9.62. The fourth-order valence-electron chi connectivity index (χ4n) is 1.76. The van der Waals surface area contributed by atoms with E-state index in [2.05, 4.69) is 17.2 Å². The average Bonchev–Trinajstić information content (AvgIpc) is 2.68. The number of methoxy groups -OCH3 is 1. The van der Waals surface area contributed by atoms with Gasteiger partial charge in [-0.1, -0.05) is 0 Å². The third kappa shape index (κ3) is 2.19. The summed E-state index contributed by atoms with van der Waals surface area (Å²) >= 11 is 0. The second-order valence-electron chi connectivity index (χ2n) is 4.28. The number of nitrogens with zero attached hydrogens (tertiary/aromatic N) is 1. The van der Waals surface area contributed by atoms with E-state index in [1.165, 1.54) is 0 Å². The summed E-state index contributed by atoms with van der Waals surface area (Å²) < 4.78 is 10.4. The van der Waals surface area contributed by atoms with Crippen LogP contribution in [0.4, 0.5) is 11.5 Å². The summed E-state index contributed by atoms with van der Waals surface area (Å²) in [4.78, 5) is 4.29. The monoisotopic (exact) mass is 223 g/mol. The summed E-state index contributed by atoms with van der Waals surface area (Å²) in [6, 6.07) is 3.63. The lowest BCUT2D eigenvalue weighted by Gasteiger charge is -2.24. The second kappa shape index (κ2) is 4.17. The maximum Gasteiger partial charge on any atom is 0.238 e. The minimum atomic E-state index is -0.0475. The van der Waals surface area contributed by atoms with E-state index in [1.807, 2.05) is 6.07 Å². The number of hydrogen-bond acceptors (Lipinski definition) is 5. The number of nitrogens with one attached hydrogen (secondary N) is 1. The Balaban J connectivity index is 2.15. The number of hydrogen-bond donors (Lipinski definition) is 2. The van der Waals surface area contributed by atoms with Crippen LogP contribution in [0, 0.1) is 0 Å². The van der Waals surface area contributed by atoms with Gasteiger partial charge in [0, 0.05) is 6.61 Å². The Morgan fingerprint density at radius 2 is 2.38 bits per heavy atom. The van der Waals surface area contributed by atoms with Gasteiger partial charge in [0.05, 0.1) is 24.9 Å². The molecule has 0 amide bonds. The summed E-state index contributed by atoms with van der Waals surface area (Å²) in [5.74, 6) is 1.21. The Kier molecular flexibility index (Phi) is 2.87. The van der Waals surface area contributed by atoms with Gasteiger partial charge in [0.1, 0.15) is 5.82 Å². The molecule has 0 radical (unpaired) electrons. The van der Waals surface area contributed by atoms with Crippen molar-refractivity contribution in [3.63, 3.8) is 0 Å². The molecule has 5 heteroatoms. The van der Waals surface area contributed by atoms with Crippen molar-refractivity contribution in [2.45, 2.75) is 18.9 Å². The number of nitrogen functional groups attached to an aromatic ring is 1. The molecule has 1 aromatic rings. The first-order valence-corrected chi connectivity index (χ1v) is 5.29. The van der Waals surface area contributed by atoms with Crippen LogP contribution in [0.25, 0.3) is 0 Å². The van der Waals surface area contributed by atoms with Crippen molar-refractivity contribution in [1.82, 2.24) is 4.98 Å². The molecule has 2 rings (SSSR count). The zero-order valence-corrected chi connectivity index (χ0v) is 9.62. The molecular formula is C11H17N3O2. The van der Waals surface area contributed by atoms with E-state index in [-0.39, 0.29) is 5.54 Å². The van der Waals surface area contributed by atoms with Crippen molar-refractivity contribution < 1.29 is 9.47 Å². The van der Waals surface area contributed by atoms with E-state index in [1.54, 1.807) is 13.2 Å². The van der Waals surface area contributed by atoms with Crippen molar-refractivity contribution >= 4 is 11.5 Å². The molecule has 1 saturated heterocycles. The lowest BCUT2D eigenvalue weighted by atomic mass is 10.0. The molecule has 0 aliphatic carbocycles. The second-order valence-corrected chi connectivity index (χ2v) is 4.28. The molecule has 2 heterocycles. The quantitative estimate of drug-likeness (QED) is 0.807. The zero-order chi connectivity index (χ0) is 11.6. The molecular weight excluding hydrogens is 206 g/mol. The van der Waals surface area contributed by atoms with Crippen LogP contribution in [0.2, 0.25) is 0 Å². The van der Waals surface area contributed by atoms with Crippen molar-refractivity contribution in [3.05, 3.63) is 12.1 Å². The van der Waals surface area contributed by atoms with Gasteiger partial charge in [-0.3, -0.25) is 0 Å². The number of nitrogens with two attached hydrogens (primary N) is 1. The fraction of sp³-hybridized carbons (Fsp3) is 0.545. The summed E-state index contributed by atoms with van der Waals surface area (Å²) in [5, 5.41) is 3.35. The van der Waals surface area contributed by atoms with E-state index in [0.29, 0.717) is 18.2 Å². The Labute approximate surface area is 95.0 Å². The maximum atomic E-state index is 5.70. The number of aromatic nitrogens is 1. The Hall–Kier alpha value is -1.49. The molecule has 88 valence electrons. The molecule has 3 N–H and O–H groups in total. The van der Waals surface area contributed by atoms with Crippen LogP contribution in [0.15, 0.2) is 12.1 Å². The van der Waals surface area contributed by atoms with Crippen LogP contribution >= 0.6 is 0 Å². The molecule has 1 aliphatic rings. The van der Waals surface area contributed by atoms with Crippen LogP contribution < -0.4 is 15.8 Å². The first kappa shape index (κ1) is 11.0. The smallest absolute Gasteiger partial charge is 0.238 e. The maximum absolute atomic E-state index is 5.70. The average molecular weight is 223 g/mol. The van der Waals surface area contributed by atoms with Crippen molar-refractivity contribution in [3.8, 4) is 5.88 Å². The first-order valence-electron chi connectivity index (χ1n) is 5.29. The van der Waals surface area contributed by atoms with E-state index < -0.39 is 0 Å². The van der Waals surface area contributed by atoms with Crippen LogP contribution in [0.3, 0.4) is 0 Å². The lowest BCUT2D eigenvalue weighted by Crippen LogP contribution is -2.35. The Morgan fingerprint density at radius 3 is 3.00 bits per heavy atom. The van der Waals surface area contributed by atoms with Gasteiger partial charge in [0.2, 0.25) is 5.88 Å². The predicted molar refractivity (Wildman–Crippen MR) is 62.7 cm³/mol. The van der Waals surface area contributed by atoms with Crippen LogP contribution in [-0.4, -0.2) is 30.8 Å². The van der Waals surface area contributed by atoms with Crippen molar-refractivity contribution in [2.75, 3.05) is 31.4 Å². The normalized spacial score (nSPS) is 24.4. The van der Waals surface area contributed by atoms with Gasteiger partial charge in [-0.25, -0.2) is 0 Å². The van der Waals surface area contributed by atoms with Gasteiger partial charge in [0.15, 0.2) is 0 Å². The first-order chi connectivity index (χ1) is 7.63. The largest absolute Gasteiger partial charge is 0.479 e. The number of ether oxygens (including phenoxy) is 2. The van der Waals surface area contributed by atoms with Gasteiger partial charge in [-0.2, -0.15) is 4.98 Å². The predicted octanol–water partition coefficient (Wildman–Crippen LogP) is 1.26. The Bertz CT molecular complexity index is 375. The molecule has 16 heavy (non-hydrogen) atoms. The highest BCUT2D eigenvalue weighted by Crippen LogP contribution is 2.26. The third-order valence-corrected chi connectivity index (χ3v) is 2.73. The van der Waals surface area contributed by atoms with Crippen LogP contribution in [0.5, 0.6) is 5.88 Å². The molecule has 1 aromatic heterocycles. The number of pyridine rings is 1. The van der Waals surface area contributed by atoms with E-state index in [4.69, 9.17) is 15.2 Å². The van der Waals surface area contributed by atoms with Gasteiger partial charge >= 0.3 is 0 Å². The number of rotatable bonds is 3. The molecule has 0 bridgehead atoms.